The van der Waals surface area contributed by atoms with E-state index in [1.165, 1.54) is 0 Å². The second-order valence-electron chi connectivity index (χ2n) is 11.6. The van der Waals surface area contributed by atoms with Crippen molar-refractivity contribution in [1.29, 1.82) is 0 Å². The highest BCUT2D eigenvalue weighted by atomic mass is 16.7. The van der Waals surface area contributed by atoms with Crippen molar-refractivity contribution in [2.24, 2.45) is 0 Å². The SMILES string of the molecule is COc1cccc2c1C(=O)c1ncc(-c3c4c5c(cc6c(c5c5cccc(OC)c35)OCO6)C=CN4C)c3cc4c(c-2c13)OCO4. The molecule has 0 fully saturated rings. The monoisotopic (exact) mass is 608 g/mol. The molecule has 0 saturated carbocycles. The van der Waals surface area contributed by atoms with Gasteiger partial charge in [-0.2, -0.15) is 0 Å². The van der Waals surface area contributed by atoms with Gasteiger partial charge in [0.2, 0.25) is 19.4 Å². The van der Waals surface area contributed by atoms with Gasteiger partial charge in [-0.25, -0.2) is 0 Å². The Morgan fingerprint density at radius 1 is 0.739 bits per heavy atom. The van der Waals surface area contributed by atoms with Crippen LogP contribution in [-0.2, 0) is 0 Å². The lowest BCUT2D eigenvalue weighted by Crippen LogP contribution is -2.15. The summed E-state index contributed by atoms with van der Waals surface area (Å²) in [7, 11) is 5.27. The van der Waals surface area contributed by atoms with Gasteiger partial charge in [-0.1, -0.05) is 24.3 Å². The number of ketones is 1. The van der Waals surface area contributed by atoms with Gasteiger partial charge in [0.05, 0.1) is 25.5 Å². The van der Waals surface area contributed by atoms with E-state index < -0.39 is 0 Å². The highest BCUT2D eigenvalue weighted by Gasteiger charge is 2.37. The van der Waals surface area contributed by atoms with Crippen molar-refractivity contribution >= 4 is 49.9 Å². The van der Waals surface area contributed by atoms with E-state index in [2.05, 4.69) is 17.0 Å². The van der Waals surface area contributed by atoms with Crippen molar-refractivity contribution in [2.75, 3.05) is 39.8 Å². The zero-order valence-corrected chi connectivity index (χ0v) is 25.0. The number of methoxy groups -OCH3 is 2. The molecule has 5 aromatic carbocycles. The minimum atomic E-state index is -0.201. The summed E-state index contributed by atoms with van der Waals surface area (Å²) in [5.41, 5.74) is 6.01. The van der Waals surface area contributed by atoms with Crippen molar-refractivity contribution in [1.82, 2.24) is 4.98 Å². The summed E-state index contributed by atoms with van der Waals surface area (Å²) < 4.78 is 35.8. The maximum absolute atomic E-state index is 14.2. The van der Waals surface area contributed by atoms with Crippen molar-refractivity contribution in [3.05, 3.63) is 77.7 Å². The van der Waals surface area contributed by atoms with Crippen LogP contribution in [0.15, 0.2) is 60.9 Å². The Bertz CT molecular complexity index is 2450. The number of carbonyl (C=O) groups excluding carboxylic acids is 1. The summed E-state index contributed by atoms with van der Waals surface area (Å²) in [6.07, 6.45) is 5.93. The standard InChI is InChI=1S/C37H24N2O7/c1-39-11-10-17-12-24-36(45-15-43-24)31-18-6-4-8-22(41-2)27(18)30(34(39)26(17)31)21-14-38-33-29-20(21)13-25-37(46-16-44-25)32(29)19-7-5-9-23(42-3)28(19)35(33)40/h4-14H,15-16H2,1-3H3. The van der Waals surface area contributed by atoms with E-state index in [1.54, 1.807) is 26.5 Å². The number of rotatable bonds is 3. The van der Waals surface area contributed by atoms with E-state index >= 15 is 0 Å². The van der Waals surface area contributed by atoms with E-state index in [0.717, 1.165) is 60.4 Å². The van der Waals surface area contributed by atoms with Crippen LogP contribution in [0.25, 0.3) is 60.6 Å². The minimum Gasteiger partial charge on any atom is -0.496 e. The van der Waals surface area contributed by atoms with Crippen LogP contribution in [-0.4, -0.2) is 45.6 Å². The molecule has 0 bridgehead atoms. The highest BCUT2D eigenvalue weighted by Crippen LogP contribution is 2.58. The first-order valence-electron chi connectivity index (χ1n) is 14.9. The lowest BCUT2D eigenvalue weighted by Gasteiger charge is -2.29. The van der Waals surface area contributed by atoms with Crippen LogP contribution in [0.2, 0.25) is 0 Å². The largest absolute Gasteiger partial charge is 0.496 e. The molecule has 9 heteroatoms. The maximum atomic E-state index is 14.2. The number of fused-ring (bicyclic) bond motifs is 8. The van der Waals surface area contributed by atoms with Crippen LogP contribution in [0.5, 0.6) is 34.5 Å². The van der Waals surface area contributed by atoms with E-state index in [0.29, 0.717) is 51.1 Å². The Morgan fingerprint density at radius 3 is 2.33 bits per heavy atom. The smallest absolute Gasteiger partial charge is 0.231 e. The molecule has 4 heterocycles. The molecule has 3 aliphatic heterocycles. The molecule has 1 aliphatic carbocycles. The van der Waals surface area contributed by atoms with Crippen LogP contribution in [0.1, 0.15) is 21.6 Å². The Hall–Kier alpha value is -5.96. The lowest BCUT2D eigenvalue weighted by molar-refractivity contribution is 0.103. The first-order valence-corrected chi connectivity index (χ1v) is 14.9. The third-order valence-electron chi connectivity index (χ3n) is 9.50. The molecule has 0 atom stereocenters. The molecule has 0 radical (unpaired) electrons. The Kier molecular flexibility index (Phi) is 4.86. The quantitative estimate of drug-likeness (QED) is 0.192. The summed E-state index contributed by atoms with van der Waals surface area (Å²) in [4.78, 5) is 21.2. The second kappa shape index (κ2) is 8.82. The number of ether oxygens (including phenoxy) is 6. The zero-order valence-electron chi connectivity index (χ0n) is 25.0. The molecule has 224 valence electrons. The molecule has 9 nitrogen and oxygen atoms in total. The van der Waals surface area contributed by atoms with E-state index in [9.17, 15) is 4.79 Å². The Morgan fingerprint density at radius 2 is 1.50 bits per heavy atom. The zero-order chi connectivity index (χ0) is 30.8. The van der Waals surface area contributed by atoms with Gasteiger partial charge >= 0.3 is 0 Å². The van der Waals surface area contributed by atoms with Gasteiger partial charge in [-0.3, -0.25) is 9.78 Å². The van der Waals surface area contributed by atoms with Crippen molar-refractivity contribution in [2.45, 2.75) is 0 Å². The minimum absolute atomic E-state index is 0.0754. The molecule has 46 heavy (non-hydrogen) atoms. The van der Waals surface area contributed by atoms with E-state index in [4.69, 9.17) is 33.4 Å². The molecule has 10 rings (SSSR count). The Balaban J connectivity index is 1.42. The van der Waals surface area contributed by atoms with Crippen LogP contribution in [0, 0.1) is 0 Å². The fourth-order valence-corrected chi connectivity index (χ4v) is 7.65. The lowest BCUT2D eigenvalue weighted by atomic mass is 9.81. The first-order chi connectivity index (χ1) is 22.6. The third-order valence-corrected chi connectivity index (χ3v) is 9.50. The summed E-state index contributed by atoms with van der Waals surface area (Å²) >= 11 is 0. The van der Waals surface area contributed by atoms with Crippen LogP contribution in [0.3, 0.4) is 0 Å². The maximum Gasteiger partial charge on any atom is 0.231 e. The van der Waals surface area contributed by atoms with Gasteiger partial charge in [-0.15, -0.1) is 0 Å². The molecule has 0 saturated heterocycles. The summed E-state index contributed by atoms with van der Waals surface area (Å²) in [6.45, 7) is 0.230. The van der Waals surface area contributed by atoms with Gasteiger partial charge in [-0.05, 0) is 46.7 Å². The predicted octanol–water partition coefficient (Wildman–Crippen LogP) is 7.31. The second-order valence-corrected chi connectivity index (χ2v) is 11.6. The van der Waals surface area contributed by atoms with Gasteiger partial charge in [0.15, 0.2) is 23.0 Å². The molecule has 0 N–H and O–H groups in total. The van der Waals surface area contributed by atoms with Crippen molar-refractivity contribution in [3.63, 3.8) is 0 Å². The molecule has 0 unspecified atom stereocenters. The van der Waals surface area contributed by atoms with Crippen LogP contribution >= 0.6 is 0 Å². The molecule has 6 aromatic rings. The number of benzene rings is 5. The van der Waals surface area contributed by atoms with Crippen molar-refractivity contribution < 1.29 is 33.2 Å². The number of anilines is 1. The van der Waals surface area contributed by atoms with Gasteiger partial charge in [0.25, 0.3) is 0 Å². The van der Waals surface area contributed by atoms with Gasteiger partial charge < -0.3 is 33.3 Å². The molecule has 0 spiro atoms. The number of pyridine rings is 1. The van der Waals surface area contributed by atoms with E-state index in [-0.39, 0.29) is 19.4 Å². The summed E-state index contributed by atoms with van der Waals surface area (Å²) in [5.74, 6) is 3.60. The van der Waals surface area contributed by atoms with Gasteiger partial charge in [0.1, 0.15) is 17.2 Å². The van der Waals surface area contributed by atoms with E-state index in [1.807, 2.05) is 49.6 Å². The van der Waals surface area contributed by atoms with Gasteiger partial charge in [0, 0.05) is 63.2 Å². The number of carbonyl (C=O) groups is 1. The number of aromatic nitrogens is 1. The highest BCUT2D eigenvalue weighted by molar-refractivity contribution is 6.32. The van der Waals surface area contributed by atoms with Crippen LogP contribution in [0.4, 0.5) is 5.69 Å². The molecule has 1 aromatic heterocycles. The average Bonchev–Trinajstić information content (AvgIpc) is 3.76. The number of nitrogens with zero attached hydrogens (tertiary/aromatic N) is 2. The summed E-state index contributed by atoms with van der Waals surface area (Å²) in [5, 5.41) is 5.36. The topological polar surface area (TPSA) is 88.6 Å². The molecular formula is C37H24N2O7. The molecular weight excluding hydrogens is 584 g/mol. The number of hydrogen-bond donors (Lipinski definition) is 0. The molecule has 0 amide bonds. The fourth-order valence-electron chi connectivity index (χ4n) is 7.65. The normalized spacial score (nSPS) is 14.8. The third kappa shape index (κ3) is 2.99. The summed E-state index contributed by atoms with van der Waals surface area (Å²) in [6, 6.07) is 15.6. The van der Waals surface area contributed by atoms with Crippen LogP contribution < -0.4 is 33.3 Å². The predicted molar refractivity (Wildman–Crippen MR) is 174 cm³/mol. The molecule has 4 aliphatic rings. The number of hydrogen-bond acceptors (Lipinski definition) is 9. The first kappa shape index (κ1) is 25.4. The fraction of sp³-hybridized carbons (Fsp3) is 0.135. The average molecular weight is 609 g/mol. The van der Waals surface area contributed by atoms with Crippen molar-refractivity contribution in [3.8, 4) is 56.8 Å². The Labute approximate surface area is 262 Å².